The smallest absolute Gasteiger partial charge is 0.266 e. The van der Waals surface area contributed by atoms with E-state index in [-0.39, 0.29) is 56.9 Å². The number of hydrogen-bond acceptors (Lipinski definition) is 7. The molecule has 4 rings (SSSR count). The van der Waals surface area contributed by atoms with Gasteiger partial charge in [-0.25, -0.2) is 0 Å². The lowest BCUT2D eigenvalue weighted by molar-refractivity contribution is 0.0191. The van der Waals surface area contributed by atoms with Gasteiger partial charge < -0.3 is 19.2 Å². The molecular weight excluding hydrogens is 400 g/mol. The fourth-order valence-electron chi connectivity index (χ4n) is 3.99. The molecule has 1 aliphatic heterocycles. The van der Waals surface area contributed by atoms with Crippen LogP contribution in [-0.4, -0.2) is 30.8 Å². The summed E-state index contributed by atoms with van der Waals surface area (Å²) in [6.07, 6.45) is -0.0132. The first-order valence-corrected chi connectivity index (χ1v) is 9.07. The van der Waals surface area contributed by atoms with Crippen molar-refractivity contribution in [2.75, 3.05) is 14.2 Å². The third kappa shape index (κ3) is 2.34. The molecule has 9 heteroatoms. The maximum absolute atomic E-state index is 13.6. The summed E-state index contributed by atoms with van der Waals surface area (Å²) in [5.41, 5.74) is -2.42. The second-order valence-electron chi connectivity index (χ2n) is 6.91. The lowest BCUT2D eigenvalue weighted by Gasteiger charge is -2.37. The predicted octanol–water partition coefficient (Wildman–Crippen LogP) is 2.61. The second-order valence-corrected chi connectivity index (χ2v) is 7.28. The Morgan fingerprint density at radius 3 is 2.55 bits per heavy atom. The number of benzene rings is 1. The van der Waals surface area contributed by atoms with Crippen LogP contribution in [0.4, 0.5) is 0 Å². The third-order valence-electron chi connectivity index (χ3n) is 5.44. The fraction of sp³-hybridized carbons (Fsp3) is 0.300. The van der Waals surface area contributed by atoms with Crippen LogP contribution < -0.4 is 19.8 Å². The summed E-state index contributed by atoms with van der Waals surface area (Å²) >= 11 is 6.39. The molecule has 1 aliphatic carbocycles. The van der Waals surface area contributed by atoms with Gasteiger partial charge in [-0.2, -0.15) is 5.26 Å². The van der Waals surface area contributed by atoms with Crippen LogP contribution in [0.5, 0.6) is 17.2 Å². The molecule has 1 aromatic heterocycles. The molecule has 0 saturated carbocycles. The van der Waals surface area contributed by atoms with E-state index < -0.39 is 22.9 Å². The zero-order valence-corrected chi connectivity index (χ0v) is 16.5. The number of pyridine rings is 1. The zero-order valence-electron chi connectivity index (χ0n) is 15.7. The van der Waals surface area contributed by atoms with Crippen LogP contribution in [-0.2, 0) is 5.60 Å². The zero-order chi connectivity index (χ0) is 21.1. The molecule has 2 heterocycles. The molecule has 1 spiro atoms. The van der Waals surface area contributed by atoms with Gasteiger partial charge in [0.25, 0.3) is 5.56 Å². The van der Waals surface area contributed by atoms with E-state index in [1.165, 1.54) is 26.4 Å². The highest BCUT2D eigenvalue weighted by Crippen LogP contribution is 2.56. The van der Waals surface area contributed by atoms with Gasteiger partial charge in [0.1, 0.15) is 33.7 Å². The molecule has 0 bridgehead atoms. The first kappa shape index (κ1) is 19.0. The molecule has 29 heavy (non-hydrogen) atoms. The number of ketones is 2. The average Bonchev–Trinajstić information content (AvgIpc) is 3.02. The normalized spacial score (nSPS) is 22.0. The molecule has 0 radical (unpaired) electrons. The van der Waals surface area contributed by atoms with Gasteiger partial charge in [0.2, 0.25) is 11.4 Å². The van der Waals surface area contributed by atoms with Gasteiger partial charge >= 0.3 is 0 Å². The van der Waals surface area contributed by atoms with E-state index in [4.69, 9.17) is 31.1 Å². The van der Waals surface area contributed by atoms with Gasteiger partial charge in [0, 0.05) is 24.0 Å². The molecule has 8 nitrogen and oxygen atoms in total. The van der Waals surface area contributed by atoms with E-state index in [1.54, 1.807) is 13.0 Å². The van der Waals surface area contributed by atoms with Crippen molar-refractivity contribution < 1.29 is 23.8 Å². The highest BCUT2D eigenvalue weighted by molar-refractivity contribution is 6.35. The summed E-state index contributed by atoms with van der Waals surface area (Å²) in [5.74, 6) is -0.891. The molecule has 148 valence electrons. The number of aromatic nitrogens is 1. The number of nitrogens with zero attached hydrogens (tertiary/aromatic N) is 1. The summed E-state index contributed by atoms with van der Waals surface area (Å²) in [7, 11) is 2.81. The van der Waals surface area contributed by atoms with E-state index in [2.05, 4.69) is 4.98 Å². The first-order valence-electron chi connectivity index (χ1n) is 8.69. The number of nitrogens with one attached hydrogen (secondary N) is 1. The fourth-order valence-corrected chi connectivity index (χ4v) is 4.26. The van der Waals surface area contributed by atoms with Crippen molar-refractivity contribution >= 4 is 23.2 Å². The topological polar surface area (TPSA) is 118 Å². The minimum Gasteiger partial charge on any atom is -0.496 e. The molecule has 0 amide bonds. The minimum absolute atomic E-state index is 0.0132. The van der Waals surface area contributed by atoms with E-state index in [0.29, 0.717) is 0 Å². The lowest BCUT2D eigenvalue weighted by Crippen LogP contribution is -2.50. The Balaban J connectivity index is 2.05. The Kier molecular flexibility index (Phi) is 4.17. The summed E-state index contributed by atoms with van der Waals surface area (Å²) in [4.78, 5) is 41.1. The van der Waals surface area contributed by atoms with Crippen molar-refractivity contribution in [2.24, 2.45) is 5.92 Å². The van der Waals surface area contributed by atoms with Crippen molar-refractivity contribution in [3.05, 3.63) is 49.9 Å². The maximum Gasteiger partial charge on any atom is 0.266 e. The van der Waals surface area contributed by atoms with E-state index >= 15 is 0 Å². The average molecular weight is 415 g/mol. The van der Waals surface area contributed by atoms with Gasteiger partial charge in [0.15, 0.2) is 11.5 Å². The van der Waals surface area contributed by atoms with Crippen LogP contribution >= 0.6 is 11.6 Å². The number of halogens is 1. The van der Waals surface area contributed by atoms with Crippen LogP contribution in [0.15, 0.2) is 16.9 Å². The molecule has 0 fully saturated rings. The van der Waals surface area contributed by atoms with Crippen molar-refractivity contribution in [1.29, 1.82) is 5.26 Å². The van der Waals surface area contributed by atoms with E-state index in [1.807, 2.05) is 0 Å². The third-order valence-corrected chi connectivity index (χ3v) is 5.80. The minimum atomic E-state index is -1.68. The molecule has 2 atom stereocenters. The summed E-state index contributed by atoms with van der Waals surface area (Å²) in [5, 5.41) is 9.22. The van der Waals surface area contributed by atoms with Crippen LogP contribution in [0.1, 0.15) is 45.3 Å². The number of methoxy groups -OCH3 is 2. The van der Waals surface area contributed by atoms with E-state index in [0.717, 1.165) is 0 Å². The lowest BCUT2D eigenvalue weighted by atomic mass is 9.71. The monoisotopic (exact) mass is 414 g/mol. The van der Waals surface area contributed by atoms with Gasteiger partial charge in [-0.15, -0.1) is 0 Å². The van der Waals surface area contributed by atoms with Crippen LogP contribution in [0, 0.1) is 17.2 Å². The van der Waals surface area contributed by atoms with Gasteiger partial charge in [0.05, 0.1) is 19.9 Å². The highest BCUT2D eigenvalue weighted by Gasteiger charge is 2.60. The van der Waals surface area contributed by atoms with Crippen molar-refractivity contribution in [3.8, 4) is 23.3 Å². The Hall–Kier alpha value is -3.31. The molecule has 0 unspecified atom stereocenters. The van der Waals surface area contributed by atoms with Crippen molar-refractivity contribution in [2.45, 2.75) is 18.9 Å². The van der Waals surface area contributed by atoms with Crippen LogP contribution in [0.25, 0.3) is 0 Å². The largest absolute Gasteiger partial charge is 0.496 e. The Bertz CT molecular complexity index is 1190. The van der Waals surface area contributed by atoms with Crippen LogP contribution in [0.2, 0.25) is 5.02 Å². The quantitative estimate of drug-likeness (QED) is 0.802. The number of Topliss-reactive ketones (excluding diaryl/α,β-unsaturated/α-hetero) is 2. The Morgan fingerprint density at radius 2 is 1.93 bits per heavy atom. The number of nitriles is 1. The van der Waals surface area contributed by atoms with Crippen LogP contribution in [0.3, 0.4) is 0 Å². The molecular formula is C20H15ClN2O6. The number of carbonyl (C=O) groups excluding carboxylic acids is 2. The van der Waals surface area contributed by atoms with Crippen molar-refractivity contribution in [3.63, 3.8) is 0 Å². The van der Waals surface area contributed by atoms with Gasteiger partial charge in [-0.05, 0) is 6.07 Å². The number of rotatable bonds is 2. The molecule has 2 aromatic rings. The summed E-state index contributed by atoms with van der Waals surface area (Å²) in [6, 6.07) is 4.42. The molecule has 2 aliphatic rings. The summed E-state index contributed by atoms with van der Waals surface area (Å²) in [6.45, 7) is 1.68. The molecule has 1 aromatic carbocycles. The first-order chi connectivity index (χ1) is 13.8. The number of hydrogen-bond donors (Lipinski definition) is 1. The number of H-pyrrole nitrogens is 1. The second kappa shape index (κ2) is 6.36. The number of fused-ring (bicyclic) bond motifs is 3. The SMILES string of the molecule is COc1cc(OC)c2c(c1Cl)O[C@@]1(C2=O)c2[nH]c(=O)c(C#N)cc2C(=O)C[C@H]1C. The molecule has 1 N–H and O–H groups in total. The number of aromatic amines is 1. The predicted molar refractivity (Wildman–Crippen MR) is 101 cm³/mol. The Morgan fingerprint density at radius 1 is 1.24 bits per heavy atom. The highest BCUT2D eigenvalue weighted by atomic mass is 35.5. The maximum atomic E-state index is 13.6. The Labute approximate surface area is 170 Å². The van der Waals surface area contributed by atoms with E-state index in [9.17, 15) is 14.4 Å². The standard InChI is InChI=1S/C20H15ClN2O6/c1-8-4-11(24)10-5-9(7-22)19(26)23-17(10)20(8)18(25)14-12(27-2)6-13(28-3)15(21)16(14)29-20/h5-6,8H,4H2,1-3H3,(H,23,26)/t8-,20-/m1/s1. The van der Waals surface area contributed by atoms with Gasteiger partial charge in [-0.3, -0.25) is 14.4 Å². The molecule has 0 saturated heterocycles. The number of carbonyl (C=O) groups is 2. The summed E-state index contributed by atoms with van der Waals surface area (Å²) < 4.78 is 16.7. The number of ether oxygens (including phenoxy) is 3. The van der Waals surface area contributed by atoms with Gasteiger partial charge in [-0.1, -0.05) is 18.5 Å². The van der Waals surface area contributed by atoms with Crippen molar-refractivity contribution in [1.82, 2.24) is 4.98 Å².